The van der Waals surface area contributed by atoms with Crippen LogP contribution in [0.3, 0.4) is 0 Å². The number of nitrogens with one attached hydrogen (secondary N) is 1. The van der Waals surface area contributed by atoms with Crippen LogP contribution in [0.4, 0.5) is 9.52 Å². The summed E-state index contributed by atoms with van der Waals surface area (Å²) in [5, 5.41) is 6.06. The summed E-state index contributed by atoms with van der Waals surface area (Å²) in [7, 11) is 1.92. The van der Waals surface area contributed by atoms with E-state index in [0.29, 0.717) is 17.3 Å². The average Bonchev–Trinajstić information content (AvgIpc) is 3.18. The average molecular weight is 362 g/mol. The van der Waals surface area contributed by atoms with Crippen LogP contribution in [0, 0.1) is 5.82 Å². The Kier molecular flexibility index (Phi) is 5.27. The Hall–Kier alpha value is -2.19. The highest BCUT2D eigenvalue weighted by atomic mass is 32.2. The highest BCUT2D eigenvalue weighted by molar-refractivity contribution is 7.99. The van der Waals surface area contributed by atoms with Gasteiger partial charge in [-0.05, 0) is 24.3 Å². The number of hydrogen-bond acceptors (Lipinski definition) is 5. The van der Waals surface area contributed by atoms with E-state index in [1.54, 1.807) is 18.3 Å². The second-order valence-corrected chi connectivity index (χ2v) is 6.93. The van der Waals surface area contributed by atoms with Gasteiger partial charge in [-0.25, -0.2) is 14.4 Å². The molecule has 5 nitrogen and oxygen atoms in total. The van der Waals surface area contributed by atoms with E-state index in [1.807, 2.05) is 23.2 Å². The summed E-state index contributed by atoms with van der Waals surface area (Å²) < 4.78 is 14.9. The first-order chi connectivity index (χ1) is 11.6. The normalized spacial score (nSPS) is 10.8. The van der Waals surface area contributed by atoms with E-state index in [1.165, 1.54) is 35.2 Å². The van der Waals surface area contributed by atoms with Crippen molar-refractivity contribution in [3.8, 4) is 11.3 Å². The first-order valence-corrected chi connectivity index (χ1v) is 9.10. The third-order valence-electron chi connectivity index (χ3n) is 3.23. The lowest BCUT2D eigenvalue weighted by Crippen LogP contribution is -2.12. The van der Waals surface area contributed by atoms with Crippen LogP contribution < -0.4 is 5.32 Å². The molecule has 2 aromatic heterocycles. The van der Waals surface area contributed by atoms with Gasteiger partial charge < -0.3 is 9.88 Å². The number of benzene rings is 1. The molecule has 8 heteroatoms. The minimum absolute atomic E-state index is 0.0864. The summed E-state index contributed by atoms with van der Waals surface area (Å²) in [4.78, 5) is 20.5. The zero-order chi connectivity index (χ0) is 16.9. The number of rotatable bonds is 6. The number of carbonyl (C=O) groups is 1. The lowest BCUT2D eigenvalue weighted by atomic mass is 10.2. The number of aryl methyl sites for hydroxylation is 1. The fourth-order valence-electron chi connectivity index (χ4n) is 1.99. The van der Waals surface area contributed by atoms with Gasteiger partial charge in [0.1, 0.15) is 5.82 Å². The molecule has 0 aliphatic carbocycles. The maximum absolute atomic E-state index is 12.9. The third-order valence-corrected chi connectivity index (χ3v) is 5.05. The van der Waals surface area contributed by atoms with Gasteiger partial charge in [0, 0.05) is 42.6 Å². The van der Waals surface area contributed by atoms with Crippen molar-refractivity contribution >= 4 is 34.1 Å². The van der Waals surface area contributed by atoms with Gasteiger partial charge in [0.15, 0.2) is 10.3 Å². The smallest absolute Gasteiger partial charge is 0.226 e. The fraction of sp³-hybridized carbons (Fsp3) is 0.188. The monoisotopic (exact) mass is 362 g/mol. The van der Waals surface area contributed by atoms with Crippen molar-refractivity contribution < 1.29 is 9.18 Å². The minimum Gasteiger partial charge on any atom is -0.329 e. The fourth-order valence-corrected chi connectivity index (χ4v) is 3.60. The molecule has 24 heavy (non-hydrogen) atoms. The SMILES string of the molecule is Cn1ccnc1SCCC(=O)Nc1nc(-c2ccc(F)cc2)cs1. The number of anilines is 1. The molecule has 0 spiro atoms. The molecule has 3 rings (SSSR count). The van der Waals surface area contributed by atoms with E-state index in [4.69, 9.17) is 0 Å². The Bertz CT molecular complexity index is 829. The van der Waals surface area contributed by atoms with Crippen LogP contribution in [0.2, 0.25) is 0 Å². The van der Waals surface area contributed by atoms with Crippen molar-refractivity contribution in [3.05, 3.63) is 47.9 Å². The van der Waals surface area contributed by atoms with Crippen LogP contribution in [0.15, 0.2) is 47.2 Å². The van der Waals surface area contributed by atoms with E-state index in [0.717, 1.165) is 16.4 Å². The van der Waals surface area contributed by atoms with E-state index < -0.39 is 0 Å². The van der Waals surface area contributed by atoms with Gasteiger partial charge in [-0.2, -0.15) is 0 Å². The van der Waals surface area contributed by atoms with Crippen molar-refractivity contribution in [1.29, 1.82) is 0 Å². The molecular formula is C16H15FN4OS2. The predicted molar refractivity (Wildman–Crippen MR) is 94.7 cm³/mol. The summed E-state index contributed by atoms with van der Waals surface area (Å²) in [6.07, 6.45) is 3.98. The van der Waals surface area contributed by atoms with Gasteiger partial charge in [-0.1, -0.05) is 11.8 Å². The molecule has 1 aromatic carbocycles. The quantitative estimate of drug-likeness (QED) is 0.678. The number of hydrogen-bond donors (Lipinski definition) is 1. The Balaban J connectivity index is 1.51. The number of carbonyl (C=O) groups excluding carboxylic acids is 1. The van der Waals surface area contributed by atoms with E-state index in [2.05, 4.69) is 15.3 Å². The Labute approximate surface area is 147 Å². The van der Waals surface area contributed by atoms with E-state index in [9.17, 15) is 9.18 Å². The second kappa shape index (κ2) is 7.59. The molecule has 1 amide bonds. The maximum Gasteiger partial charge on any atom is 0.226 e. The van der Waals surface area contributed by atoms with Crippen molar-refractivity contribution in [1.82, 2.24) is 14.5 Å². The third kappa shape index (κ3) is 4.21. The highest BCUT2D eigenvalue weighted by Gasteiger charge is 2.09. The van der Waals surface area contributed by atoms with Crippen molar-refractivity contribution in [2.75, 3.05) is 11.1 Å². The molecule has 1 N–H and O–H groups in total. The number of imidazole rings is 1. The molecule has 0 unspecified atom stereocenters. The Morgan fingerprint density at radius 3 is 2.88 bits per heavy atom. The van der Waals surface area contributed by atoms with Crippen molar-refractivity contribution in [2.45, 2.75) is 11.6 Å². The summed E-state index contributed by atoms with van der Waals surface area (Å²) >= 11 is 2.89. The minimum atomic E-state index is -0.285. The number of thiazole rings is 1. The van der Waals surface area contributed by atoms with Gasteiger partial charge in [-0.3, -0.25) is 4.79 Å². The molecular weight excluding hydrogens is 347 g/mol. The summed E-state index contributed by atoms with van der Waals surface area (Å²) in [6.45, 7) is 0. The number of thioether (sulfide) groups is 1. The number of nitrogens with zero attached hydrogens (tertiary/aromatic N) is 3. The highest BCUT2D eigenvalue weighted by Crippen LogP contribution is 2.25. The van der Waals surface area contributed by atoms with Gasteiger partial charge in [0.2, 0.25) is 5.91 Å². The molecule has 3 aromatic rings. The molecule has 0 radical (unpaired) electrons. The zero-order valence-corrected chi connectivity index (χ0v) is 14.5. The van der Waals surface area contributed by atoms with Crippen molar-refractivity contribution in [2.24, 2.45) is 7.05 Å². The lowest BCUT2D eigenvalue weighted by Gasteiger charge is -2.02. The van der Waals surface area contributed by atoms with Crippen LogP contribution in [-0.4, -0.2) is 26.2 Å². The Morgan fingerprint density at radius 1 is 1.38 bits per heavy atom. The lowest BCUT2D eigenvalue weighted by molar-refractivity contribution is -0.115. The number of aromatic nitrogens is 3. The summed E-state index contributed by atoms with van der Waals surface area (Å²) in [5.41, 5.74) is 1.54. The number of halogens is 1. The first kappa shape index (κ1) is 16.7. The van der Waals surface area contributed by atoms with Gasteiger partial charge in [0.25, 0.3) is 0 Å². The van der Waals surface area contributed by atoms with Crippen LogP contribution >= 0.6 is 23.1 Å². The molecule has 0 bridgehead atoms. The standard InChI is InChI=1S/C16H15FN4OS2/c1-21-8-7-18-16(21)23-9-6-14(22)20-15-19-13(10-24-15)11-2-4-12(17)5-3-11/h2-5,7-8,10H,6,9H2,1H3,(H,19,20,22). The van der Waals surface area contributed by atoms with Crippen molar-refractivity contribution in [3.63, 3.8) is 0 Å². The molecule has 124 valence electrons. The van der Waals surface area contributed by atoms with E-state index in [-0.39, 0.29) is 11.7 Å². The van der Waals surface area contributed by atoms with Crippen LogP contribution in [0.5, 0.6) is 0 Å². The molecule has 0 saturated heterocycles. The molecule has 0 aliphatic heterocycles. The Morgan fingerprint density at radius 2 is 2.17 bits per heavy atom. The zero-order valence-electron chi connectivity index (χ0n) is 12.9. The molecule has 2 heterocycles. The van der Waals surface area contributed by atoms with E-state index >= 15 is 0 Å². The molecule has 0 aliphatic rings. The molecule has 0 fully saturated rings. The largest absolute Gasteiger partial charge is 0.329 e. The van der Waals surface area contributed by atoms with Gasteiger partial charge in [-0.15, -0.1) is 11.3 Å². The second-order valence-electron chi connectivity index (χ2n) is 5.01. The van der Waals surface area contributed by atoms with Gasteiger partial charge in [0.05, 0.1) is 5.69 Å². The summed E-state index contributed by atoms with van der Waals surface area (Å²) in [6, 6.07) is 6.11. The maximum atomic E-state index is 12.9. The van der Waals surface area contributed by atoms with Gasteiger partial charge >= 0.3 is 0 Å². The number of amides is 1. The van der Waals surface area contributed by atoms with Crippen LogP contribution in [-0.2, 0) is 11.8 Å². The van der Waals surface area contributed by atoms with Crippen LogP contribution in [0.25, 0.3) is 11.3 Å². The molecule has 0 atom stereocenters. The predicted octanol–water partition coefficient (Wildman–Crippen LogP) is 3.80. The first-order valence-electron chi connectivity index (χ1n) is 7.23. The summed E-state index contributed by atoms with van der Waals surface area (Å²) in [5.74, 6) is 0.275. The van der Waals surface area contributed by atoms with Crippen LogP contribution in [0.1, 0.15) is 6.42 Å². The molecule has 0 saturated carbocycles. The topological polar surface area (TPSA) is 59.8 Å².